The highest BCUT2D eigenvalue weighted by Gasteiger charge is 2.43. The Kier molecular flexibility index (Phi) is 5.69. The van der Waals surface area contributed by atoms with Crippen LogP contribution in [-0.4, -0.2) is 69.2 Å². The van der Waals surface area contributed by atoms with Gasteiger partial charge in [0, 0.05) is 32.8 Å². The third-order valence-corrected chi connectivity index (χ3v) is 7.66. The number of nitrogens with zero attached hydrogens (tertiary/aromatic N) is 2. The molecule has 2 amide bonds. The van der Waals surface area contributed by atoms with Gasteiger partial charge in [0.25, 0.3) is 0 Å². The van der Waals surface area contributed by atoms with Gasteiger partial charge >= 0.3 is 12.6 Å². The SMILES string of the molecule is NC(=O)N1CC2=C(CN(S(=O)(=O)c3ccc(OC(F)F)cc3)C2)C1CC1CCOC1. The van der Waals surface area contributed by atoms with Gasteiger partial charge in [0.15, 0.2) is 0 Å². The third kappa shape index (κ3) is 4.01. The van der Waals surface area contributed by atoms with Crippen LogP contribution >= 0.6 is 0 Å². The zero-order valence-corrected chi connectivity index (χ0v) is 17.0. The van der Waals surface area contributed by atoms with Gasteiger partial charge in [-0.25, -0.2) is 13.2 Å². The molecule has 0 aromatic heterocycles. The van der Waals surface area contributed by atoms with E-state index in [4.69, 9.17) is 10.5 Å². The maximum atomic E-state index is 13.1. The maximum Gasteiger partial charge on any atom is 0.387 e. The number of rotatable bonds is 6. The molecule has 3 aliphatic heterocycles. The van der Waals surface area contributed by atoms with E-state index in [0.29, 0.717) is 32.1 Å². The molecule has 11 heteroatoms. The average Bonchev–Trinajstić information content (AvgIpc) is 3.39. The summed E-state index contributed by atoms with van der Waals surface area (Å²) in [6.45, 7) is -1.00. The summed E-state index contributed by atoms with van der Waals surface area (Å²) in [5, 5.41) is 0. The molecule has 1 fully saturated rings. The zero-order valence-electron chi connectivity index (χ0n) is 16.2. The molecule has 0 spiro atoms. The minimum absolute atomic E-state index is 0.00205. The minimum atomic E-state index is -3.83. The fraction of sp³-hybridized carbons (Fsp3) is 0.526. The van der Waals surface area contributed by atoms with Crippen LogP contribution in [0.4, 0.5) is 13.6 Å². The van der Waals surface area contributed by atoms with Gasteiger partial charge in [-0.2, -0.15) is 13.1 Å². The molecule has 2 N–H and O–H groups in total. The van der Waals surface area contributed by atoms with Crippen molar-refractivity contribution in [2.75, 3.05) is 32.8 Å². The Bertz CT molecular complexity index is 945. The second kappa shape index (κ2) is 8.12. The largest absolute Gasteiger partial charge is 0.435 e. The predicted molar refractivity (Wildman–Crippen MR) is 102 cm³/mol. The molecule has 1 aromatic rings. The lowest BCUT2D eigenvalue weighted by atomic mass is 9.94. The monoisotopic (exact) mass is 443 g/mol. The zero-order chi connectivity index (χ0) is 21.5. The second-order valence-corrected chi connectivity index (χ2v) is 9.64. The van der Waals surface area contributed by atoms with Crippen molar-refractivity contribution in [3.05, 3.63) is 35.4 Å². The van der Waals surface area contributed by atoms with E-state index in [1.165, 1.54) is 28.6 Å². The molecule has 2 unspecified atom stereocenters. The van der Waals surface area contributed by atoms with Crippen molar-refractivity contribution < 1.29 is 31.5 Å². The minimum Gasteiger partial charge on any atom is -0.435 e. The lowest BCUT2D eigenvalue weighted by molar-refractivity contribution is -0.0498. The Morgan fingerprint density at radius 3 is 2.57 bits per heavy atom. The Labute approximate surface area is 173 Å². The Balaban J connectivity index is 1.50. The molecule has 4 rings (SSSR count). The molecule has 2 atom stereocenters. The van der Waals surface area contributed by atoms with Crippen LogP contribution in [0.25, 0.3) is 0 Å². The van der Waals surface area contributed by atoms with Gasteiger partial charge in [-0.05, 0) is 54.2 Å². The topological polar surface area (TPSA) is 102 Å². The summed E-state index contributed by atoms with van der Waals surface area (Å²) in [4.78, 5) is 13.5. The highest BCUT2D eigenvalue weighted by molar-refractivity contribution is 7.89. The molecule has 3 heterocycles. The number of carbonyl (C=O) groups excluding carboxylic acids is 1. The number of amides is 2. The summed E-state index contributed by atoms with van der Waals surface area (Å²) >= 11 is 0. The number of benzene rings is 1. The number of primary amides is 1. The van der Waals surface area contributed by atoms with E-state index < -0.39 is 22.7 Å². The van der Waals surface area contributed by atoms with Crippen LogP contribution in [0, 0.1) is 5.92 Å². The standard InChI is InChI=1S/C19H23F2N3O5S/c20-18(21)29-14-1-3-15(4-2-14)30(26,27)23-8-13-9-24(19(22)25)17(16(13)10-23)7-12-5-6-28-11-12/h1-4,12,17-18H,5-11H2,(H2,22,25). The number of hydrogen-bond donors (Lipinski definition) is 1. The molecule has 164 valence electrons. The van der Waals surface area contributed by atoms with Crippen molar-refractivity contribution in [3.8, 4) is 5.75 Å². The first-order valence-corrected chi connectivity index (χ1v) is 11.1. The quantitative estimate of drug-likeness (QED) is 0.676. The summed E-state index contributed by atoms with van der Waals surface area (Å²) in [7, 11) is -3.83. The van der Waals surface area contributed by atoms with Crippen molar-refractivity contribution in [2.45, 2.75) is 30.4 Å². The molecular formula is C19H23F2N3O5S. The fourth-order valence-electron chi connectivity index (χ4n) is 4.37. The smallest absolute Gasteiger partial charge is 0.387 e. The van der Waals surface area contributed by atoms with Crippen LogP contribution < -0.4 is 10.5 Å². The first-order valence-electron chi connectivity index (χ1n) is 9.65. The Morgan fingerprint density at radius 2 is 1.97 bits per heavy atom. The van der Waals surface area contributed by atoms with Gasteiger partial charge in [0.2, 0.25) is 10.0 Å². The van der Waals surface area contributed by atoms with Gasteiger partial charge in [-0.1, -0.05) is 0 Å². The third-order valence-electron chi connectivity index (χ3n) is 5.86. The summed E-state index contributed by atoms with van der Waals surface area (Å²) in [5.74, 6) is 0.193. The van der Waals surface area contributed by atoms with Crippen LogP contribution in [0.5, 0.6) is 5.75 Å². The lowest BCUT2D eigenvalue weighted by Gasteiger charge is -2.30. The van der Waals surface area contributed by atoms with E-state index in [9.17, 15) is 22.0 Å². The molecule has 0 aliphatic carbocycles. The Morgan fingerprint density at radius 1 is 1.23 bits per heavy atom. The van der Waals surface area contributed by atoms with E-state index in [1.54, 1.807) is 4.90 Å². The van der Waals surface area contributed by atoms with Gasteiger partial charge in [0.1, 0.15) is 5.75 Å². The second-order valence-electron chi connectivity index (χ2n) is 7.70. The number of hydrogen-bond acceptors (Lipinski definition) is 5. The number of alkyl halides is 2. The molecule has 3 aliphatic rings. The molecule has 0 saturated carbocycles. The van der Waals surface area contributed by atoms with Crippen molar-refractivity contribution in [2.24, 2.45) is 11.7 Å². The van der Waals surface area contributed by atoms with Crippen molar-refractivity contribution >= 4 is 16.1 Å². The number of nitrogens with two attached hydrogens (primary N) is 1. The normalized spacial score (nSPS) is 24.7. The van der Waals surface area contributed by atoms with Gasteiger partial charge in [-0.15, -0.1) is 0 Å². The number of halogens is 2. The number of sulfonamides is 1. The van der Waals surface area contributed by atoms with Crippen LogP contribution in [0.15, 0.2) is 40.3 Å². The van der Waals surface area contributed by atoms with E-state index >= 15 is 0 Å². The van der Waals surface area contributed by atoms with Crippen LogP contribution in [0.3, 0.4) is 0 Å². The lowest BCUT2D eigenvalue weighted by Crippen LogP contribution is -2.45. The number of urea groups is 1. The van der Waals surface area contributed by atoms with Gasteiger partial charge < -0.3 is 20.1 Å². The van der Waals surface area contributed by atoms with E-state index in [-0.39, 0.29) is 29.8 Å². The Hall–Kier alpha value is -2.24. The summed E-state index contributed by atoms with van der Waals surface area (Å²) < 4.78 is 61.8. The van der Waals surface area contributed by atoms with Crippen molar-refractivity contribution in [1.82, 2.24) is 9.21 Å². The summed E-state index contributed by atoms with van der Waals surface area (Å²) in [6.07, 6.45) is 1.59. The van der Waals surface area contributed by atoms with Crippen LogP contribution in [-0.2, 0) is 14.8 Å². The first kappa shape index (κ1) is 21.0. The van der Waals surface area contributed by atoms with Crippen LogP contribution in [0.2, 0.25) is 0 Å². The first-order chi connectivity index (χ1) is 14.3. The van der Waals surface area contributed by atoms with E-state index in [0.717, 1.165) is 17.6 Å². The molecule has 30 heavy (non-hydrogen) atoms. The summed E-state index contributed by atoms with van der Waals surface area (Å²) in [6, 6.07) is 4.16. The predicted octanol–water partition coefficient (Wildman–Crippen LogP) is 1.78. The highest BCUT2D eigenvalue weighted by atomic mass is 32.2. The fourth-order valence-corrected chi connectivity index (χ4v) is 5.78. The van der Waals surface area contributed by atoms with Crippen molar-refractivity contribution in [1.29, 1.82) is 0 Å². The molecule has 0 radical (unpaired) electrons. The molecule has 1 saturated heterocycles. The average molecular weight is 443 g/mol. The van der Waals surface area contributed by atoms with Gasteiger partial charge in [0.05, 0.1) is 10.9 Å². The highest BCUT2D eigenvalue weighted by Crippen LogP contribution is 2.37. The van der Waals surface area contributed by atoms with Crippen molar-refractivity contribution in [3.63, 3.8) is 0 Å². The molecule has 1 aromatic carbocycles. The number of carbonyl (C=O) groups is 1. The maximum absolute atomic E-state index is 13.1. The summed E-state index contributed by atoms with van der Waals surface area (Å²) in [5.41, 5.74) is 7.36. The molecular weight excluding hydrogens is 420 g/mol. The van der Waals surface area contributed by atoms with E-state index in [2.05, 4.69) is 4.74 Å². The molecule has 8 nitrogen and oxygen atoms in total. The molecule has 0 bridgehead atoms. The van der Waals surface area contributed by atoms with Gasteiger partial charge in [-0.3, -0.25) is 0 Å². The number of ether oxygens (including phenoxy) is 2. The van der Waals surface area contributed by atoms with E-state index in [1.807, 2.05) is 0 Å². The van der Waals surface area contributed by atoms with Crippen LogP contribution in [0.1, 0.15) is 12.8 Å².